The molecule has 0 saturated heterocycles. The van der Waals surface area contributed by atoms with Crippen molar-refractivity contribution in [1.82, 2.24) is 14.8 Å². The first kappa shape index (κ1) is 11.0. The molecule has 17 heavy (non-hydrogen) atoms. The van der Waals surface area contributed by atoms with Crippen LogP contribution in [0.2, 0.25) is 10.3 Å². The summed E-state index contributed by atoms with van der Waals surface area (Å²) in [6.07, 6.45) is 2.15. The molecule has 0 radical (unpaired) electrons. The third-order valence-corrected chi connectivity index (χ3v) is 3.29. The minimum atomic E-state index is -0.379. The van der Waals surface area contributed by atoms with Crippen molar-refractivity contribution in [2.45, 2.75) is 18.8 Å². The fourth-order valence-electron chi connectivity index (χ4n) is 1.77. The van der Waals surface area contributed by atoms with Crippen LogP contribution in [0.1, 0.15) is 24.6 Å². The van der Waals surface area contributed by atoms with Crippen LogP contribution >= 0.6 is 23.2 Å². The Bertz CT molecular complexity index is 578. The Hall–Kier alpha value is -1.13. The highest BCUT2D eigenvalue weighted by Crippen LogP contribution is 2.41. The zero-order chi connectivity index (χ0) is 12.0. The van der Waals surface area contributed by atoms with Crippen LogP contribution in [0.15, 0.2) is 18.2 Å². The predicted octanol–water partition coefficient (Wildman–Crippen LogP) is 3.59. The van der Waals surface area contributed by atoms with E-state index in [1.807, 2.05) is 0 Å². The van der Waals surface area contributed by atoms with E-state index in [0.29, 0.717) is 16.6 Å². The van der Waals surface area contributed by atoms with Crippen molar-refractivity contribution >= 4 is 23.2 Å². The van der Waals surface area contributed by atoms with Crippen molar-refractivity contribution in [3.05, 3.63) is 40.1 Å². The minimum absolute atomic E-state index is 0.250. The quantitative estimate of drug-likeness (QED) is 0.836. The van der Waals surface area contributed by atoms with Crippen LogP contribution in [0.4, 0.5) is 4.39 Å². The minimum Gasteiger partial charge on any atom is -0.268 e. The van der Waals surface area contributed by atoms with Crippen molar-refractivity contribution in [3.63, 3.8) is 0 Å². The standard InChI is InChI=1S/C11H8Cl2FN3/c12-8-5-7(14)3-4-9(8)17-10(6-1-2-6)15-16-11(17)13/h3-6H,1-2H2. The molecule has 1 saturated carbocycles. The van der Waals surface area contributed by atoms with Crippen molar-refractivity contribution in [1.29, 1.82) is 0 Å². The maximum Gasteiger partial charge on any atom is 0.229 e. The Morgan fingerprint density at radius 3 is 2.65 bits per heavy atom. The molecule has 1 aromatic heterocycles. The average Bonchev–Trinajstić information content (AvgIpc) is 3.04. The highest BCUT2D eigenvalue weighted by atomic mass is 35.5. The van der Waals surface area contributed by atoms with E-state index in [1.54, 1.807) is 10.6 Å². The van der Waals surface area contributed by atoms with Crippen molar-refractivity contribution in [2.75, 3.05) is 0 Å². The van der Waals surface area contributed by atoms with E-state index in [2.05, 4.69) is 10.2 Å². The maximum absolute atomic E-state index is 13.0. The monoisotopic (exact) mass is 271 g/mol. The van der Waals surface area contributed by atoms with Crippen LogP contribution < -0.4 is 0 Å². The molecule has 3 rings (SSSR count). The van der Waals surface area contributed by atoms with E-state index in [1.165, 1.54) is 12.1 Å². The van der Waals surface area contributed by atoms with Gasteiger partial charge in [-0.2, -0.15) is 0 Å². The molecule has 0 bridgehead atoms. The molecule has 2 aromatic rings. The van der Waals surface area contributed by atoms with Crippen LogP contribution in [0.3, 0.4) is 0 Å². The Balaban J connectivity index is 2.16. The molecule has 1 aliphatic carbocycles. The SMILES string of the molecule is Fc1ccc(-n2c(Cl)nnc2C2CC2)c(Cl)c1. The lowest BCUT2D eigenvalue weighted by Crippen LogP contribution is -2.01. The largest absolute Gasteiger partial charge is 0.268 e. The van der Waals surface area contributed by atoms with Crippen molar-refractivity contribution < 1.29 is 4.39 Å². The number of aromatic nitrogens is 3. The van der Waals surface area contributed by atoms with Gasteiger partial charge in [-0.1, -0.05) is 11.6 Å². The number of benzene rings is 1. The van der Waals surface area contributed by atoms with E-state index in [0.717, 1.165) is 18.7 Å². The zero-order valence-electron chi connectivity index (χ0n) is 8.70. The number of halogens is 3. The summed E-state index contributed by atoms with van der Waals surface area (Å²) in [7, 11) is 0. The lowest BCUT2D eigenvalue weighted by atomic mass is 10.3. The normalized spacial score (nSPS) is 15.2. The molecule has 1 aromatic carbocycles. The summed E-state index contributed by atoms with van der Waals surface area (Å²) in [4.78, 5) is 0. The second kappa shape index (κ2) is 3.96. The maximum atomic E-state index is 13.0. The van der Waals surface area contributed by atoms with Gasteiger partial charge in [0.05, 0.1) is 10.7 Å². The molecule has 6 heteroatoms. The Kier molecular flexibility index (Phi) is 2.56. The van der Waals surface area contributed by atoms with Gasteiger partial charge in [-0.3, -0.25) is 4.57 Å². The molecule has 0 N–H and O–H groups in total. The fraction of sp³-hybridized carbons (Fsp3) is 0.273. The van der Waals surface area contributed by atoms with Gasteiger partial charge in [-0.15, -0.1) is 10.2 Å². The Morgan fingerprint density at radius 1 is 1.24 bits per heavy atom. The van der Waals surface area contributed by atoms with E-state index in [-0.39, 0.29) is 11.1 Å². The van der Waals surface area contributed by atoms with Gasteiger partial charge in [0.2, 0.25) is 5.28 Å². The van der Waals surface area contributed by atoms with E-state index < -0.39 is 0 Å². The first-order valence-electron chi connectivity index (χ1n) is 5.23. The Morgan fingerprint density at radius 2 is 2.00 bits per heavy atom. The molecule has 0 spiro atoms. The molecule has 0 atom stereocenters. The van der Waals surface area contributed by atoms with Gasteiger partial charge in [0, 0.05) is 5.92 Å². The van der Waals surface area contributed by atoms with Crippen molar-refractivity contribution in [2.24, 2.45) is 0 Å². The van der Waals surface area contributed by atoms with Gasteiger partial charge < -0.3 is 0 Å². The van der Waals surface area contributed by atoms with Gasteiger partial charge >= 0.3 is 0 Å². The molecule has 0 aliphatic heterocycles. The molecule has 0 amide bonds. The molecular formula is C11H8Cl2FN3. The fourth-order valence-corrected chi connectivity index (χ4v) is 2.23. The number of rotatable bonds is 2. The van der Waals surface area contributed by atoms with Crippen LogP contribution in [0.5, 0.6) is 0 Å². The molecule has 3 nitrogen and oxygen atoms in total. The van der Waals surface area contributed by atoms with Gasteiger partial charge in [-0.25, -0.2) is 4.39 Å². The molecular weight excluding hydrogens is 264 g/mol. The van der Waals surface area contributed by atoms with Crippen molar-refractivity contribution in [3.8, 4) is 5.69 Å². The molecule has 1 heterocycles. The first-order valence-corrected chi connectivity index (χ1v) is 5.98. The lowest BCUT2D eigenvalue weighted by molar-refractivity contribution is 0.627. The molecule has 88 valence electrons. The summed E-state index contributed by atoms with van der Waals surface area (Å²) in [5.74, 6) is 0.801. The number of hydrogen-bond acceptors (Lipinski definition) is 2. The highest BCUT2D eigenvalue weighted by molar-refractivity contribution is 6.33. The first-order chi connectivity index (χ1) is 8.16. The van der Waals surface area contributed by atoms with Gasteiger partial charge in [0.1, 0.15) is 11.6 Å². The average molecular weight is 272 g/mol. The predicted molar refractivity (Wildman–Crippen MR) is 63.3 cm³/mol. The highest BCUT2D eigenvalue weighted by Gasteiger charge is 2.31. The third-order valence-electron chi connectivity index (χ3n) is 2.74. The number of nitrogens with zero attached hydrogens (tertiary/aromatic N) is 3. The second-order valence-corrected chi connectivity index (χ2v) is 4.78. The summed E-state index contributed by atoms with van der Waals surface area (Å²) in [6.45, 7) is 0. The molecule has 0 unspecified atom stereocenters. The Labute approximate surface area is 107 Å². The van der Waals surface area contributed by atoms with Gasteiger partial charge in [0.25, 0.3) is 0 Å². The van der Waals surface area contributed by atoms with Crippen LogP contribution in [-0.2, 0) is 0 Å². The van der Waals surface area contributed by atoms with E-state index >= 15 is 0 Å². The van der Waals surface area contributed by atoms with Crippen LogP contribution in [-0.4, -0.2) is 14.8 Å². The number of hydrogen-bond donors (Lipinski definition) is 0. The van der Waals surface area contributed by atoms with E-state index in [4.69, 9.17) is 23.2 Å². The van der Waals surface area contributed by atoms with Gasteiger partial charge in [0.15, 0.2) is 0 Å². The van der Waals surface area contributed by atoms with Crippen LogP contribution in [0.25, 0.3) is 5.69 Å². The summed E-state index contributed by atoms with van der Waals surface area (Å²) in [5, 5.41) is 8.44. The summed E-state index contributed by atoms with van der Waals surface area (Å²) in [6, 6.07) is 4.18. The topological polar surface area (TPSA) is 30.7 Å². The zero-order valence-corrected chi connectivity index (χ0v) is 10.2. The van der Waals surface area contributed by atoms with Crippen LogP contribution in [0, 0.1) is 5.82 Å². The lowest BCUT2D eigenvalue weighted by Gasteiger charge is -2.09. The smallest absolute Gasteiger partial charge is 0.229 e. The summed E-state index contributed by atoms with van der Waals surface area (Å²) >= 11 is 12.0. The second-order valence-electron chi connectivity index (χ2n) is 4.03. The third kappa shape index (κ3) is 1.91. The molecule has 1 aliphatic rings. The summed E-state index contributed by atoms with van der Waals surface area (Å²) in [5.41, 5.74) is 0.616. The van der Waals surface area contributed by atoms with Gasteiger partial charge in [-0.05, 0) is 42.6 Å². The summed E-state index contributed by atoms with van der Waals surface area (Å²) < 4.78 is 14.7. The molecule has 1 fully saturated rings. The van der Waals surface area contributed by atoms with E-state index in [9.17, 15) is 4.39 Å².